The molecule has 1 aromatic carbocycles. The molecule has 0 amide bonds. The maximum Gasteiger partial charge on any atom is 0.334 e. The summed E-state index contributed by atoms with van der Waals surface area (Å²) < 4.78 is 5.07. The largest absolute Gasteiger partial charge is 0.478 e. The van der Waals surface area contributed by atoms with Crippen LogP contribution < -0.4 is 5.32 Å². The highest BCUT2D eigenvalue weighted by molar-refractivity contribution is 5.99. The molecule has 2 rings (SSSR count). The summed E-state index contributed by atoms with van der Waals surface area (Å²) in [6, 6.07) is 6.78. The van der Waals surface area contributed by atoms with E-state index >= 15 is 0 Å². The van der Waals surface area contributed by atoms with Crippen molar-refractivity contribution < 1.29 is 29.3 Å². The second kappa shape index (κ2) is 8.56. The molecule has 7 nitrogen and oxygen atoms in total. The standard InChI is InChI=1S/C21H23NO6/c1-11(2)28-16(23)10-9-14-7-5-6-8-15(14)19-17(20(24)25)12(3)22-13(4)18(19)21(26)27/h5-11,19,22H,1-4H3,(H,24,25)(H,26,27)/b10-9+. The van der Waals surface area contributed by atoms with Crippen molar-refractivity contribution in [1.29, 1.82) is 0 Å². The number of carboxylic acid groups (broad SMARTS) is 2. The van der Waals surface area contributed by atoms with Crippen molar-refractivity contribution in [3.8, 4) is 0 Å². The first-order valence-corrected chi connectivity index (χ1v) is 8.76. The van der Waals surface area contributed by atoms with E-state index in [2.05, 4.69) is 5.32 Å². The van der Waals surface area contributed by atoms with Crippen molar-refractivity contribution in [2.24, 2.45) is 0 Å². The van der Waals surface area contributed by atoms with E-state index in [0.29, 0.717) is 22.5 Å². The van der Waals surface area contributed by atoms with Gasteiger partial charge in [-0.05, 0) is 44.9 Å². The van der Waals surface area contributed by atoms with Crippen LogP contribution in [0, 0.1) is 0 Å². The highest BCUT2D eigenvalue weighted by Gasteiger charge is 2.37. The van der Waals surface area contributed by atoms with Crippen LogP contribution >= 0.6 is 0 Å². The molecule has 0 saturated heterocycles. The Hall–Kier alpha value is -3.35. The van der Waals surface area contributed by atoms with Gasteiger partial charge in [0, 0.05) is 17.5 Å². The molecule has 148 valence electrons. The van der Waals surface area contributed by atoms with E-state index < -0.39 is 23.8 Å². The molecule has 3 N–H and O–H groups in total. The zero-order chi connectivity index (χ0) is 21.0. The van der Waals surface area contributed by atoms with Gasteiger partial charge in [-0.1, -0.05) is 24.3 Å². The molecule has 0 spiro atoms. The van der Waals surface area contributed by atoms with Crippen molar-refractivity contribution >= 4 is 24.0 Å². The lowest BCUT2D eigenvalue weighted by atomic mass is 9.78. The third-order valence-corrected chi connectivity index (χ3v) is 4.28. The highest BCUT2D eigenvalue weighted by atomic mass is 16.5. The minimum absolute atomic E-state index is 0.0476. The van der Waals surface area contributed by atoms with Gasteiger partial charge < -0.3 is 20.3 Å². The number of allylic oxidation sites excluding steroid dienone is 2. The lowest BCUT2D eigenvalue weighted by Crippen LogP contribution is -2.31. The molecule has 0 aromatic heterocycles. The van der Waals surface area contributed by atoms with Crippen LogP contribution in [0.2, 0.25) is 0 Å². The minimum atomic E-state index is -1.21. The number of carbonyl (C=O) groups is 3. The first kappa shape index (κ1) is 21.0. The number of rotatable bonds is 6. The average Bonchev–Trinajstić information content (AvgIpc) is 2.58. The van der Waals surface area contributed by atoms with Gasteiger partial charge in [-0.25, -0.2) is 14.4 Å². The zero-order valence-electron chi connectivity index (χ0n) is 16.1. The van der Waals surface area contributed by atoms with E-state index in [1.165, 1.54) is 12.2 Å². The molecule has 1 heterocycles. The van der Waals surface area contributed by atoms with E-state index in [0.717, 1.165) is 0 Å². The molecule has 0 aliphatic carbocycles. The Labute approximate surface area is 163 Å². The van der Waals surface area contributed by atoms with Crippen molar-refractivity contribution in [1.82, 2.24) is 5.32 Å². The first-order valence-electron chi connectivity index (χ1n) is 8.76. The normalized spacial score (nSPS) is 15.2. The Kier molecular flexibility index (Phi) is 6.41. The van der Waals surface area contributed by atoms with Crippen LogP contribution in [0.5, 0.6) is 0 Å². The molecule has 0 unspecified atom stereocenters. The van der Waals surface area contributed by atoms with Gasteiger partial charge in [0.1, 0.15) is 0 Å². The second-order valence-electron chi connectivity index (χ2n) is 6.69. The summed E-state index contributed by atoms with van der Waals surface area (Å²) in [5.41, 5.74) is 1.66. The van der Waals surface area contributed by atoms with E-state index in [1.807, 2.05) is 0 Å². The molecule has 0 fully saturated rings. The van der Waals surface area contributed by atoms with Gasteiger partial charge in [-0.3, -0.25) is 0 Å². The quantitative estimate of drug-likeness (QED) is 0.509. The van der Waals surface area contributed by atoms with Crippen LogP contribution in [-0.2, 0) is 19.1 Å². The number of hydrogen-bond acceptors (Lipinski definition) is 5. The third-order valence-electron chi connectivity index (χ3n) is 4.28. The molecule has 0 radical (unpaired) electrons. The summed E-state index contributed by atoms with van der Waals surface area (Å²) in [5.74, 6) is -3.94. The molecule has 7 heteroatoms. The number of dihydropyridines is 1. The number of carboxylic acids is 2. The van der Waals surface area contributed by atoms with Crippen LogP contribution in [0.4, 0.5) is 0 Å². The van der Waals surface area contributed by atoms with Gasteiger partial charge in [0.05, 0.1) is 23.2 Å². The Balaban J connectivity index is 2.61. The Bertz CT molecular complexity index is 871. The number of aliphatic carboxylic acids is 2. The van der Waals surface area contributed by atoms with Gasteiger partial charge in [-0.2, -0.15) is 0 Å². The zero-order valence-corrected chi connectivity index (χ0v) is 16.1. The molecule has 0 saturated carbocycles. The predicted octanol–water partition coefficient (Wildman–Crippen LogP) is 3.06. The molecule has 1 aliphatic heterocycles. The molecule has 28 heavy (non-hydrogen) atoms. The minimum Gasteiger partial charge on any atom is -0.478 e. The summed E-state index contributed by atoms with van der Waals surface area (Å²) >= 11 is 0. The molecule has 1 aliphatic rings. The number of hydrogen-bond donors (Lipinski definition) is 3. The number of ether oxygens (including phenoxy) is 1. The highest BCUT2D eigenvalue weighted by Crippen LogP contribution is 2.39. The summed E-state index contributed by atoms with van der Waals surface area (Å²) in [7, 11) is 0. The van der Waals surface area contributed by atoms with E-state index in [4.69, 9.17) is 4.74 Å². The van der Waals surface area contributed by atoms with Gasteiger partial charge in [0.25, 0.3) is 0 Å². The van der Waals surface area contributed by atoms with Crippen molar-refractivity contribution in [2.45, 2.75) is 39.7 Å². The SMILES string of the molecule is CC1=C(C(=O)O)C(c2ccccc2/C=C/C(=O)OC(C)C)C(C(=O)O)=C(C)N1. The Morgan fingerprint density at radius 1 is 1.04 bits per heavy atom. The number of carbonyl (C=O) groups excluding carboxylic acids is 1. The van der Waals surface area contributed by atoms with E-state index in [9.17, 15) is 24.6 Å². The van der Waals surface area contributed by atoms with Gasteiger partial charge in [-0.15, -0.1) is 0 Å². The first-order chi connectivity index (χ1) is 13.1. The molecule has 0 bridgehead atoms. The van der Waals surface area contributed by atoms with Gasteiger partial charge in [0.15, 0.2) is 0 Å². The molecule has 1 aromatic rings. The average molecular weight is 385 g/mol. The van der Waals surface area contributed by atoms with Crippen LogP contribution in [0.1, 0.15) is 44.7 Å². The predicted molar refractivity (Wildman–Crippen MR) is 103 cm³/mol. The van der Waals surface area contributed by atoms with Gasteiger partial charge >= 0.3 is 17.9 Å². The molecular weight excluding hydrogens is 362 g/mol. The maximum atomic E-state index is 11.9. The number of nitrogens with one attached hydrogen (secondary N) is 1. The van der Waals surface area contributed by atoms with Crippen LogP contribution in [0.3, 0.4) is 0 Å². The smallest absolute Gasteiger partial charge is 0.334 e. The summed E-state index contributed by atoms with van der Waals surface area (Å²) in [6.45, 7) is 6.65. The molecule has 0 atom stereocenters. The fourth-order valence-corrected chi connectivity index (χ4v) is 3.23. The Morgan fingerprint density at radius 2 is 1.57 bits per heavy atom. The fourth-order valence-electron chi connectivity index (χ4n) is 3.23. The fraction of sp³-hybridized carbons (Fsp3) is 0.286. The Morgan fingerprint density at radius 3 is 2.07 bits per heavy atom. The van der Waals surface area contributed by atoms with Crippen molar-refractivity contribution in [3.05, 3.63) is 64.0 Å². The maximum absolute atomic E-state index is 11.9. The lowest BCUT2D eigenvalue weighted by molar-refractivity contribution is -0.141. The van der Waals surface area contributed by atoms with Crippen LogP contribution in [0.15, 0.2) is 52.9 Å². The van der Waals surface area contributed by atoms with Crippen molar-refractivity contribution in [3.63, 3.8) is 0 Å². The van der Waals surface area contributed by atoms with E-state index in [1.54, 1.807) is 52.0 Å². The summed E-state index contributed by atoms with van der Waals surface area (Å²) in [4.78, 5) is 35.7. The van der Waals surface area contributed by atoms with Crippen molar-refractivity contribution in [2.75, 3.05) is 0 Å². The summed E-state index contributed by atoms with van der Waals surface area (Å²) in [6.07, 6.45) is 2.48. The number of benzene rings is 1. The van der Waals surface area contributed by atoms with Crippen LogP contribution in [0.25, 0.3) is 6.08 Å². The lowest BCUT2D eigenvalue weighted by Gasteiger charge is -2.29. The molecular formula is C21H23NO6. The van der Waals surface area contributed by atoms with Gasteiger partial charge in [0.2, 0.25) is 0 Å². The second-order valence-corrected chi connectivity index (χ2v) is 6.69. The summed E-state index contributed by atoms with van der Waals surface area (Å²) in [5, 5.41) is 22.3. The third kappa shape index (κ3) is 4.49. The monoisotopic (exact) mass is 385 g/mol. The van der Waals surface area contributed by atoms with E-state index in [-0.39, 0.29) is 17.3 Å². The topological polar surface area (TPSA) is 113 Å². The number of esters is 1. The van der Waals surface area contributed by atoms with Crippen LogP contribution in [-0.4, -0.2) is 34.2 Å².